The monoisotopic (exact) mass is 391 g/mol. The molecule has 0 saturated carbocycles. The van der Waals surface area contributed by atoms with E-state index in [0.29, 0.717) is 13.2 Å². The van der Waals surface area contributed by atoms with Gasteiger partial charge in [0, 0.05) is 39.1 Å². The Bertz CT molecular complexity index is 888. The SMILES string of the molecule is CCNC(=NCc1ccccc1-c1ccc(Cn2ccnc2)cc1)NCCOC. The maximum atomic E-state index is 5.10. The molecule has 29 heavy (non-hydrogen) atoms. The molecule has 0 aliphatic heterocycles. The van der Waals surface area contributed by atoms with Crippen LogP contribution in [0.1, 0.15) is 18.1 Å². The Morgan fingerprint density at radius 1 is 1.10 bits per heavy atom. The Kier molecular flexibility index (Phi) is 7.83. The first kappa shape index (κ1) is 20.6. The molecule has 0 radical (unpaired) electrons. The quantitative estimate of drug-likeness (QED) is 0.334. The second-order valence-electron chi connectivity index (χ2n) is 6.70. The number of rotatable bonds is 9. The lowest BCUT2D eigenvalue weighted by atomic mass is 9.98. The van der Waals surface area contributed by atoms with E-state index in [1.54, 1.807) is 13.3 Å². The molecule has 1 aromatic heterocycles. The van der Waals surface area contributed by atoms with Crippen LogP contribution >= 0.6 is 0 Å². The summed E-state index contributed by atoms with van der Waals surface area (Å²) in [6.07, 6.45) is 5.62. The van der Waals surface area contributed by atoms with E-state index in [1.165, 1.54) is 22.3 Å². The van der Waals surface area contributed by atoms with E-state index in [9.17, 15) is 0 Å². The lowest BCUT2D eigenvalue weighted by Gasteiger charge is -2.13. The molecule has 0 unspecified atom stereocenters. The molecule has 2 aromatic carbocycles. The molecule has 3 rings (SSSR count). The van der Waals surface area contributed by atoms with Gasteiger partial charge in [-0.3, -0.25) is 0 Å². The molecule has 0 bridgehead atoms. The van der Waals surface area contributed by atoms with Crippen molar-refractivity contribution in [2.24, 2.45) is 4.99 Å². The van der Waals surface area contributed by atoms with Gasteiger partial charge in [-0.1, -0.05) is 48.5 Å². The Labute approximate surface area is 172 Å². The van der Waals surface area contributed by atoms with Gasteiger partial charge in [-0.15, -0.1) is 0 Å². The van der Waals surface area contributed by atoms with Gasteiger partial charge in [-0.25, -0.2) is 9.98 Å². The molecule has 2 N–H and O–H groups in total. The summed E-state index contributed by atoms with van der Waals surface area (Å²) >= 11 is 0. The van der Waals surface area contributed by atoms with Crippen LogP contribution in [0.25, 0.3) is 11.1 Å². The zero-order chi connectivity index (χ0) is 20.3. The topological polar surface area (TPSA) is 63.5 Å². The summed E-state index contributed by atoms with van der Waals surface area (Å²) in [6, 6.07) is 17.1. The number of guanidine groups is 1. The van der Waals surface area contributed by atoms with E-state index in [-0.39, 0.29) is 0 Å². The van der Waals surface area contributed by atoms with Gasteiger partial charge in [0.05, 0.1) is 19.5 Å². The summed E-state index contributed by atoms with van der Waals surface area (Å²) in [4.78, 5) is 8.84. The van der Waals surface area contributed by atoms with Crippen LogP contribution in [0.5, 0.6) is 0 Å². The summed E-state index contributed by atoms with van der Waals surface area (Å²) < 4.78 is 7.17. The number of hydrogen-bond acceptors (Lipinski definition) is 3. The number of benzene rings is 2. The van der Waals surface area contributed by atoms with Crippen LogP contribution in [0.15, 0.2) is 72.2 Å². The van der Waals surface area contributed by atoms with Gasteiger partial charge in [0.15, 0.2) is 5.96 Å². The molecule has 0 atom stereocenters. The predicted molar refractivity (Wildman–Crippen MR) is 118 cm³/mol. The minimum absolute atomic E-state index is 0.606. The first-order valence-electron chi connectivity index (χ1n) is 9.94. The third-order valence-corrected chi connectivity index (χ3v) is 4.56. The van der Waals surface area contributed by atoms with E-state index in [2.05, 4.69) is 75.6 Å². The fourth-order valence-electron chi connectivity index (χ4n) is 3.10. The normalized spacial score (nSPS) is 11.4. The molecule has 1 heterocycles. The Balaban J connectivity index is 1.73. The smallest absolute Gasteiger partial charge is 0.191 e. The fraction of sp³-hybridized carbons (Fsp3) is 0.304. The zero-order valence-electron chi connectivity index (χ0n) is 17.1. The van der Waals surface area contributed by atoms with Crippen LogP contribution in [-0.2, 0) is 17.8 Å². The average molecular weight is 392 g/mol. The van der Waals surface area contributed by atoms with Crippen LogP contribution in [0, 0.1) is 0 Å². The maximum absolute atomic E-state index is 5.10. The average Bonchev–Trinajstić information content (AvgIpc) is 3.26. The molecule has 6 nitrogen and oxygen atoms in total. The fourth-order valence-corrected chi connectivity index (χ4v) is 3.10. The third-order valence-electron chi connectivity index (χ3n) is 4.56. The first-order chi connectivity index (χ1) is 14.3. The van der Waals surface area contributed by atoms with E-state index in [1.807, 2.05) is 12.5 Å². The van der Waals surface area contributed by atoms with Crippen molar-refractivity contribution in [1.29, 1.82) is 0 Å². The summed E-state index contributed by atoms with van der Waals surface area (Å²) in [5.74, 6) is 0.801. The predicted octanol–water partition coefficient (Wildman–Crippen LogP) is 3.30. The van der Waals surface area contributed by atoms with Crippen molar-refractivity contribution in [1.82, 2.24) is 20.2 Å². The van der Waals surface area contributed by atoms with E-state index >= 15 is 0 Å². The Hall–Kier alpha value is -3.12. The molecule has 0 fully saturated rings. The van der Waals surface area contributed by atoms with Crippen LogP contribution in [0.3, 0.4) is 0 Å². The minimum Gasteiger partial charge on any atom is -0.383 e. The van der Waals surface area contributed by atoms with Crippen molar-refractivity contribution in [3.63, 3.8) is 0 Å². The van der Waals surface area contributed by atoms with Crippen LogP contribution < -0.4 is 10.6 Å². The molecule has 0 saturated heterocycles. The Morgan fingerprint density at radius 2 is 1.93 bits per heavy atom. The highest BCUT2D eigenvalue weighted by Crippen LogP contribution is 2.25. The van der Waals surface area contributed by atoms with Crippen molar-refractivity contribution >= 4 is 5.96 Å². The highest BCUT2D eigenvalue weighted by Gasteiger charge is 2.06. The molecule has 0 spiro atoms. The maximum Gasteiger partial charge on any atom is 0.191 e. The van der Waals surface area contributed by atoms with E-state index < -0.39 is 0 Å². The number of hydrogen-bond donors (Lipinski definition) is 2. The van der Waals surface area contributed by atoms with Gasteiger partial charge >= 0.3 is 0 Å². The minimum atomic E-state index is 0.606. The molecule has 0 amide bonds. The zero-order valence-corrected chi connectivity index (χ0v) is 17.1. The molecule has 152 valence electrons. The van der Waals surface area contributed by atoms with Crippen LogP contribution in [0.4, 0.5) is 0 Å². The first-order valence-corrected chi connectivity index (χ1v) is 9.94. The van der Waals surface area contributed by atoms with Crippen LogP contribution in [-0.4, -0.2) is 42.3 Å². The summed E-state index contributed by atoms with van der Waals surface area (Å²) in [6.45, 7) is 5.68. The third kappa shape index (κ3) is 6.19. The Morgan fingerprint density at radius 3 is 2.66 bits per heavy atom. The summed E-state index contributed by atoms with van der Waals surface area (Å²) in [5, 5.41) is 6.56. The van der Waals surface area contributed by atoms with Crippen molar-refractivity contribution in [2.75, 3.05) is 26.8 Å². The highest BCUT2D eigenvalue weighted by atomic mass is 16.5. The number of imidazole rings is 1. The number of aromatic nitrogens is 2. The summed E-state index contributed by atoms with van der Waals surface area (Å²) in [7, 11) is 1.70. The largest absolute Gasteiger partial charge is 0.383 e. The standard InChI is InChI=1S/C23H29N5O/c1-3-25-23(26-13-15-29-2)27-16-21-6-4-5-7-22(21)20-10-8-19(9-11-20)17-28-14-12-24-18-28/h4-12,14,18H,3,13,15-17H2,1-2H3,(H2,25,26,27). The van der Waals surface area contributed by atoms with Gasteiger partial charge in [0.25, 0.3) is 0 Å². The number of nitrogens with one attached hydrogen (secondary N) is 2. The van der Waals surface area contributed by atoms with Crippen molar-refractivity contribution in [3.8, 4) is 11.1 Å². The lowest BCUT2D eigenvalue weighted by molar-refractivity contribution is 0.203. The number of nitrogens with zero attached hydrogens (tertiary/aromatic N) is 3. The van der Waals surface area contributed by atoms with Gasteiger partial charge in [0.2, 0.25) is 0 Å². The van der Waals surface area contributed by atoms with E-state index in [4.69, 9.17) is 9.73 Å². The number of aliphatic imine (C=N–C) groups is 1. The molecule has 0 aliphatic carbocycles. The van der Waals surface area contributed by atoms with Gasteiger partial charge < -0.3 is 19.9 Å². The van der Waals surface area contributed by atoms with Gasteiger partial charge in [-0.2, -0.15) is 0 Å². The van der Waals surface area contributed by atoms with Crippen LogP contribution in [0.2, 0.25) is 0 Å². The molecular formula is C23H29N5O. The van der Waals surface area contributed by atoms with Gasteiger partial charge in [0.1, 0.15) is 0 Å². The molecule has 3 aromatic rings. The number of methoxy groups -OCH3 is 1. The van der Waals surface area contributed by atoms with Gasteiger partial charge in [-0.05, 0) is 29.2 Å². The lowest BCUT2D eigenvalue weighted by Crippen LogP contribution is -2.38. The van der Waals surface area contributed by atoms with E-state index in [0.717, 1.165) is 25.6 Å². The molecular weight excluding hydrogens is 362 g/mol. The summed E-state index contributed by atoms with van der Waals surface area (Å²) in [5.41, 5.74) is 4.85. The second kappa shape index (κ2) is 11.0. The van der Waals surface area contributed by atoms with Crippen molar-refractivity contribution in [3.05, 3.63) is 78.4 Å². The van der Waals surface area contributed by atoms with Crippen molar-refractivity contribution in [2.45, 2.75) is 20.0 Å². The molecule has 0 aliphatic rings. The number of ether oxygens (including phenoxy) is 1. The second-order valence-corrected chi connectivity index (χ2v) is 6.70. The molecule has 6 heteroatoms. The van der Waals surface area contributed by atoms with Crippen molar-refractivity contribution < 1.29 is 4.74 Å². The highest BCUT2D eigenvalue weighted by molar-refractivity contribution is 5.80.